The Morgan fingerprint density at radius 3 is 2.42 bits per heavy atom. The molecule has 0 radical (unpaired) electrons. The van der Waals surface area contributed by atoms with Crippen molar-refractivity contribution < 1.29 is 40.3 Å². The maximum absolute atomic E-state index is 13.7. The molecule has 1 aliphatic heterocycles. The van der Waals surface area contributed by atoms with Crippen molar-refractivity contribution in [3.63, 3.8) is 0 Å². The van der Waals surface area contributed by atoms with E-state index in [1.54, 1.807) is 0 Å². The van der Waals surface area contributed by atoms with E-state index in [2.05, 4.69) is 10.6 Å². The number of carbonyl (C=O) groups is 2. The lowest BCUT2D eigenvalue weighted by atomic mass is 9.69. The van der Waals surface area contributed by atoms with Crippen LogP contribution in [0.2, 0.25) is 0 Å². The first kappa shape index (κ1) is 23.1. The van der Waals surface area contributed by atoms with Crippen LogP contribution in [0.5, 0.6) is 0 Å². The lowest BCUT2D eigenvalue weighted by molar-refractivity contribution is -0.206. The van der Waals surface area contributed by atoms with Gasteiger partial charge < -0.3 is 15.5 Å². The van der Waals surface area contributed by atoms with Crippen molar-refractivity contribution in [1.82, 2.24) is 15.5 Å². The van der Waals surface area contributed by atoms with Crippen molar-refractivity contribution in [2.75, 3.05) is 13.1 Å². The molecule has 31 heavy (non-hydrogen) atoms. The molecule has 1 saturated heterocycles. The molecule has 2 aliphatic rings. The molecule has 0 aromatic heterocycles. The van der Waals surface area contributed by atoms with E-state index in [0.29, 0.717) is 12.1 Å². The summed E-state index contributed by atoms with van der Waals surface area (Å²) in [6, 6.07) is -0.756. The fraction of sp³-hybridized carbons (Fsp3) is 0.579. The zero-order valence-corrected chi connectivity index (χ0v) is 16.3. The molecular weight excluding hydrogens is 435 g/mol. The summed E-state index contributed by atoms with van der Waals surface area (Å²) in [5, 5.41) is 5.02. The fourth-order valence-corrected chi connectivity index (χ4v) is 3.90. The molecule has 1 heterocycles. The Morgan fingerprint density at radius 1 is 1.19 bits per heavy atom. The minimum absolute atomic E-state index is 0.124. The fourth-order valence-electron chi connectivity index (χ4n) is 3.90. The average molecular weight is 455 g/mol. The lowest BCUT2D eigenvalue weighted by Crippen LogP contribution is -2.59. The summed E-state index contributed by atoms with van der Waals surface area (Å²) in [6.07, 6.45) is -10.2. The number of nitrogens with zero attached hydrogens (tertiary/aromatic N) is 1. The first-order valence-corrected chi connectivity index (χ1v) is 9.57. The number of hydrogen-bond acceptors (Lipinski definition) is 2. The zero-order chi connectivity index (χ0) is 23.1. The van der Waals surface area contributed by atoms with Crippen LogP contribution < -0.4 is 10.6 Å². The Bertz CT molecular complexity index is 850. The average Bonchev–Trinajstić information content (AvgIpc) is 2.60. The predicted molar refractivity (Wildman–Crippen MR) is 94.1 cm³/mol. The van der Waals surface area contributed by atoms with Crippen molar-refractivity contribution in [1.29, 1.82) is 0 Å². The molecule has 2 N–H and O–H groups in total. The quantitative estimate of drug-likeness (QED) is 0.677. The molecule has 5 nitrogen and oxygen atoms in total. The Kier molecular flexibility index (Phi) is 6.12. The largest absolute Gasteiger partial charge is 0.419 e. The van der Waals surface area contributed by atoms with Gasteiger partial charge in [-0.15, -0.1) is 0 Å². The highest BCUT2D eigenvalue weighted by Crippen LogP contribution is 2.50. The third-order valence-electron chi connectivity index (χ3n) is 5.80. The smallest absolute Gasteiger partial charge is 0.353 e. The molecular formula is C19H20F7N3O2. The van der Waals surface area contributed by atoms with Gasteiger partial charge in [0.05, 0.1) is 17.5 Å². The number of nitrogens with one attached hydrogen (secondary N) is 2. The topological polar surface area (TPSA) is 61.4 Å². The van der Waals surface area contributed by atoms with E-state index in [9.17, 15) is 40.3 Å². The third-order valence-corrected chi connectivity index (χ3v) is 5.80. The number of urea groups is 1. The van der Waals surface area contributed by atoms with Crippen LogP contribution in [0.25, 0.3) is 0 Å². The van der Waals surface area contributed by atoms with Crippen molar-refractivity contribution in [3.05, 3.63) is 35.1 Å². The molecule has 3 amide bonds. The summed E-state index contributed by atoms with van der Waals surface area (Å²) in [6.45, 7) is 1.74. The molecule has 12 heteroatoms. The minimum Gasteiger partial charge on any atom is -0.353 e. The number of carbonyl (C=O) groups excluding carboxylic acids is 2. The van der Waals surface area contributed by atoms with Gasteiger partial charge in [-0.3, -0.25) is 4.79 Å². The van der Waals surface area contributed by atoms with E-state index in [0.717, 1.165) is 11.0 Å². The van der Waals surface area contributed by atoms with E-state index >= 15 is 0 Å². The summed E-state index contributed by atoms with van der Waals surface area (Å²) in [4.78, 5) is 25.7. The Balaban J connectivity index is 1.88. The van der Waals surface area contributed by atoms with Crippen LogP contribution in [0.1, 0.15) is 36.9 Å². The van der Waals surface area contributed by atoms with Crippen LogP contribution in [0.15, 0.2) is 18.2 Å². The van der Waals surface area contributed by atoms with E-state index in [1.807, 2.05) is 0 Å². The number of hydrogen-bond donors (Lipinski definition) is 2. The normalized spacial score (nSPS) is 25.5. The molecule has 0 spiro atoms. The summed E-state index contributed by atoms with van der Waals surface area (Å²) < 4.78 is 91.8. The molecule has 2 fully saturated rings. The van der Waals surface area contributed by atoms with Gasteiger partial charge >= 0.3 is 18.4 Å². The number of rotatable bonds is 3. The summed E-state index contributed by atoms with van der Waals surface area (Å²) in [5.74, 6) is -4.38. The van der Waals surface area contributed by atoms with E-state index in [1.165, 1.54) is 6.92 Å². The number of alkyl halides is 6. The second kappa shape index (κ2) is 8.19. The van der Waals surface area contributed by atoms with Crippen LogP contribution >= 0.6 is 0 Å². The highest BCUT2D eigenvalue weighted by atomic mass is 19.4. The van der Waals surface area contributed by atoms with Crippen LogP contribution in [0, 0.1) is 17.7 Å². The van der Waals surface area contributed by atoms with Crippen molar-refractivity contribution in [2.45, 2.75) is 44.2 Å². The SMILES string of the molecule is C[C@@H]1C(=O)NCCN1C(=O)NC(c1ccc(F)c(C(F)(F)F)c1)[C@H]1C[C@H](C(F)(F)F)C1. The Hall–Kier alpha value is -2.53. The van der Waals surface area contributed by atoms with E-state index in [-0.39, 0.29) is 31.5 Å². The lowest BCUT2D eigenvalue weighted by Gasteiger charge is -2.43. The van der Waals surface area contributed by atoms with Gasteiger partial charge in [-0.05, 0) is 43.4 Å². The Labute approximate surface area is 173 Å². The monoisotopic (exact) mass is 455 g/mol. The maximum atomic E-state index is 13.7. The maximum Gasteiger partial charge on any atom is 0.419 e. The van der Waals surface area contributed by atoms with Crippen LogP contribution in [0.3, 0.4) is 0 Å². The van der Waals surface area contributed by atoms with Crippen LogP contribution in [-0.2, 0) is 11.0 Å². The molecule has 1 unspecified atom stereocenters. The number of benzene rings is 1. The summed E-state index contributed by atoms with van der Waals surface area (Å²) >= 11 is 0. The molecule has 2 atom stereocenters. The number of halogens is 7. The third kappa shape index (κ3) is 4.87. The van der Waals surface area contributed by atoms with E-state index < -0.39 is 59.6 Å². The van der Waals surface area contributed by atoms with E-state index in [4.69, 9.17) is 0 Å². The van der Waals surface area contributed by atoms with Gasteiger partial charge in [0.2, 0.25) is 5.91 Å². The molecule has 1 aromatic carbocycles. The highest BCUT2D eigenvalue weighted by Gasteiger charge is 2.50. The van der Waals surface area contributed by atoms with Crippen molar-refractivity contribution in [3.8, 4) is 0 Å². The molecule has 1 aromatic rings. The van der Waals surface area contributed by atoms with Gasteiger partial charge in [-0.1, -0.05) is 6.07 Å². The summed E-state index contributed by atoms with van der Waals surface area (Å²) in [5.41, 5.74) is -1.72. The Morgan fingerprint density at radius 2 is 1.84 bits per heavy atom. The molecule has 0 bridgehead atoms. The molecule has 3 rings (SSSR count). The highest BCUT2D eigenvalue weighted by molar-refractivity contribution is 5.88. The number of amides is 3. The molecule has 172 valence electrons. The second-order valence-electron chi connectivity index (χ2n) is 7.79. The predicted octanol–water partition coefficient (Wildman–Crippen LogP) is 4.00. The van der Waals surface area contributed by atoms with Gasteiger partial charge in [0.15, 0.2) is 0 Å². The van der Waals surface area contributed by atoms with Gasteiger partial charge in [-0.2, -0.15) is 26.3 Å². The van der Waals surface area contributed by atoms with Gasteiger partial charge in [0.1, 0.15) is 11.9 Å². The summed E-state index contributed by atoms with van der Waals surface area (Å²) in [7, 11) is 0. The zero-order valence-electron chi connectivity index (χ0n) is 16.3. The first-order chi connectivity index (χ1) is 14.3. The molecule has 1 saturated carbocycles. The van der Waals surface area contributed by atoms with Crippen LogP contribution in [0.4, 0.5) is 35.5 Å². The van der Waals surface area contributed by atoms with Crippen LogP contribution in [-0.4, -0.2) is 42.1 Å². The van der Waals surface area contributed by atoms with Gasteiger partial charge in [0, 0.05) is 13.1 Å². The second-order valence-corrected chi connectivity index (χ2v) is 7.79. The van der Waals surface area contributed by atoms with Gasteiger partial charge in [0.25, 0.3) is 0 Å². The standard InChI is InChI=1S/C19H20F7N3O2/c1-9-16(30)27-4-5-29(9)17(31)28-15(11-6-12(7-11)18(21,22)23)10-2-3-14(20)13(8-10)19(24,25)26/h2-3,8-9,11-12,15H,4-7H2,1H3,(H,27,30)(H,28,31)/t9-,11-,12-,15?/m1/s1. The molecule has 1 aliphatic carbocycles. The minimum atomic E-state index is -5.01. The first-order valence-electron chi connectivity index (χ1n) is 9.57. The van der Waals surface area contributed by atoms with Crippen molar-refractivity contribution in [2.24, 2.45) is 11.8 Å². The number of piperazine rings is 1. The van der Waals surface area contributed by atoms with Gasteiger partial charge in [-0.25, -0.2) is 9.18 Å². The van der Waals surface area contributed by atoms with Crippen molar-refractivity contribution >= 4 is 11.9 Å².